The molecular weight excluding hydrogens is 222 g/mol. The number of nitrogens with two attached hydrogens (primary N) is 1. The van der Waals surface area contributed by atoms with E-state index < -0.39 is 0 Å². The molecule has 0 bridgehead atoms. The van der Waals surface area contributed by atoms with Gasteiger partial charge in [0.15, 0.2) is 0 Å². The third-order valence-corrected chi connectivity index (χ3v) is 3.49. The summed E-state index contributed by atoms with van der Waals surface area (Å²) in [5.41, 5.74) is 8.97. The Bertz CT molecular complexity index is 435. The maximum atomic E-state index is 7.73. The van der Waals surface area contributed by atoms with Crippen LogP contribution in [0.3, 0.4) is 0 Å². The first-order valence-corrected chi connectivity index (χ1v) is 6.85. The van der Waals surface area contributed by atoms with Gasteiger partial charge in [-0.15, -0.1) is 0 Å². The number of anilines is 1. The molecule has 0 amide bonds. The number of hydrogen-bond donors (Lipinski definition) is 2. The predicted molar refractivity (Wildman–Crippen MR) is 77.5 cm³/mol. The molecule has 2 rings (SSSR count). The maximum Gasteiger partial charge on any atom is 0.124 e. The van der Waals surface area contributed by atoms with Crippen LogP contribution >= 0.6 is 0 Å². The molecular formula is C15H23N3. The van der Waals surface area contributed by atoms with E-state index in [9.17, 15) is 0 Å². The van der Waals surface area contributed by atoms with Crippen LogP contribution in [-0.4, -0.2) is 18.4 Å². The molecule has 0 spiro atoms. The summed E-state index contributed by atoms with van der Waals surface area (Å²) in [5.74, 6) is 0.173. The standard InChI is InChI=1S/C15H23N3/c1-3-4-9-18(12-6-7-12)14-10-11(2)5-8-13(14)15(16)17/h5,8,10,12H,3-4,6-7,9H2,1-2H3,(H3,16,17). The first-order valence-electron chi connectivity index (χ1n) is 6.85. The number of amidine groups is 1. The third kappa shape index (κ3) is 2.84. The van der Waals surface area contributed by atoms with E-state index in [1.807, 2.05) is 12.1 Å². The van der Waals surface area contributed by atoms with Crippen molar-refractivity contribution in [3.05, 3.63) is 29.3 Å². The van der Waals surface area contributed by atoms with Crippen molar-refractivity contribution in [1.29, 1.82) is 5.41 Å². The number of nitrogens with zero attached hydrogens (tertiary/aromatic N) is 1. The second kappa shape index (κ2) is 5.42. The van der Waals surface area contributed by atoms with Gasteiger partial charge < -0.3 is 10.6 Å². The van der Waals surface area contributed by atoms with Gasteiger partial charge in [-0.2, -0.15) is 0 Å². The summed E-state index contributed by atoms with van der Waals surface area (Å²) < 4.78 is 0. The van der Waals surface area contributed by atoms with Gasteiger partial charge in [0.1, 0.15) is 5.84 Å². The first-order chi connectivity index (χ1) is 8.63. The molecule has 1 aromatic rings. The highest BCUT2D eigenvalue weighted by molar-refractivity contribution is 6.00. The van der Waals surface area contributed by atoms with Crippen molar-refractivity contribution in [3.8, 4) is 0 Å². The molecule has 0 heterocycles. The van der Waals surface area contributed by atoms with E-state index in [2.05, 4.69) is 24.8 Å². The summed E-state index contributed by atoms with van der Waals surface area (Å²) in [6.45, 7) is 5.39. The van der Waals surface area contributed by atoms with Crippen molar-refractivity contribution in [2.75, 3.05) is 11.4 Å². The summed E-state index contributed by atoms with van der Waals surface area (Å²) >= 11 is 0. The van der Waals surface area contributed by atoms with E-state index in [0.29, 0.717) is 6.04 Å². The molecule has 0 radical (unpaired) electrons. The summed E-state index contributed by atoms with van der Waals surface area (Å²) in [5, 5.41) is 7.73. The van der Waals surface area contributed by atoms with E-state index in [1.54, 1.807) is 0 Å². The smallest absolute Gasteiger partial charge is 0.124 e. The minimum absolute atomic E-state index is 0.173. The van der Waals surface area contributed by atoms with Crippen molar-refractivity contribution in [1.82, 2.24) is 0 Å². The zero-order chi connectivity index (χ0) is 13.1. The van der Waals surface area contributed by atoms with Gasteiger partial charge in [0.2, 0.25) is 0 Å². The van der Waals surface area contributed by atoms with Gasteiger partial charge >= 0.3 is 0 Å². The van der Waals surface area contributed by atoms with Crippen LogP contribution in [0.4, 0.5) is 5.69 Å². The number of rotatable bonds is 6. The summed E-state index contributed by atoms with van der Waals surface area (Å²) in [4.78, 5) is 2.45. The van der Waals surface area contributed by atoms with E-state index in [-0.39, 0.29) is 5.84 Å². The van der Waals surface area contributed by atoms with Crippen LogP contribution in [0.15, 0.2) is 18.2 Å². The number of nitrogens with one attached hydrogen (secondary N) is 1. The zero-order valence-electron chi connectivity index (χ0n) is 11.4. The molecule has 18 heavy (non-hydrogen) atoms. The van der Waals surface area contributed by atoms with E-state index in [1.165, 1.54) is 31.2 Å². The molecule has 98 valence electrons. The SMILES string of the molecule is CCCCN(c1cc(C)ccc1C(=N)N)C1CC1. The number of unbranched alkanes of at least 4 members (excludes halogenated alkanes) is 1. The van der Waals surface area contributed by atoms with Crippen molar-refractivity contribution in [2.24, 2.45) is 5.73 Å². The second-order valence-electron chi connectivity index (χ2n) is 5.21. The summed E-state index contributed by atoms with van der Waals surface area (Å²) in [7, 11) is 0. The van der Waals surface area contributed by atoms with Crippen molar-refractivity contribution in [2.45, 2.75) is 45.6 Å². The van der Waals surface area contributed by atoms with Gasteiger partial charge in [0.25, 0.3) is 0 Å². The van der Waals surface area contributed by atoms with Crippen LogP contribution in [0.5, 0.6) is 0 Å². The van der Waals surface area contributed by atoms with Gasteiger partial charge in [-0.3, -0.25) is 5.41 Å². The van der Waals surface area contributed by atoms with Gasteiger partial charge in [-0.05, 0) is 43.9 Å². The second-order valence-corrected chi connectivity index (χ2v) is 5.21. The lowest BCUT2D eigenvalue weighted by molar-refractivity contribution is 0.712. The summed E-state index contributed by atoms with van der Waals surface area (Å²) in [6.07, 6.45) is 4.94. The number of aryl methyl sites for hydroxylation is 1. The average Bonchev–Trinajstić information content (AvgIpc) is 3.13. The highest BCUT2D eigenvalue weighted by Crippen LogP contribution is 2.34. The lowest BCUT2D eigenvalue weighted by atomic mass is 10.1. The Morgan fingerprint density at radius 1 is 1.44 bits per heavy atom. The Hall–Kier alpha value is -1.51. The molecule has 3 N–H and O–H groups in total. The van der Waals surface area contributed by atoms with Gasteiger partial charge in [0.05, 0.1) is 0 Å². The fourth-order valence-corrected chi connectivity index (χ4v) is 2.32. The molecule has 1 aliphatic rings. The molecule has 0 aliphatic heterocycles. The highest BCUT2D eigenvalue weighted by atomic mass is 15.2. The van der Waals surface area contributed by atoms with Crippen LogP contribution in [0.25, 0.3) is 0 Å². The Morgan fingerprint density at radius 3 is 2.72 bits per heavy atom. The van der Waals surface area contributed by atoms with Gasteiger partial charge in [-0.25, -0.2) is 0 Å². The Balaban J connectivity index is 2.32. The predicted octanol–water partition coefficient (Wildman–Crippen LogP) is 3.05. The highest BCUT2D eigenvalue weighted by Gasteiger charge is 2.30. The van der Waals surface area contributed by atoms with Crippen LogP contribution in [-0.2, 0) is 0 Å². The fourth-order valence-electron chi connectivity index (χ4n) is 2.32. The van der Waals surface area contributed by atoms with Crippen molar-refractivity contribution >= 4 is 11.5 Å². The molecule has 0 saturated heterocycles. The van der Waals surface area contributed by atoms with E-state index >= 15 is 0 Å². The number of benzene rings is 1. The van der Waals surface area contributed by atoms with Crippen molar-refractivity contribution < 1.29 is 0 Å². The quantitative estimate of drug-likeness (QED) is 0.598. The molecule has 1 fully saturated rings. The summed E-state index contributed by atoms with van der Waals surface area (Å²) in [6, 6.07) is 6.85. The minimum atomic E-state index is 0.173. The van der Waals surface area contributed by atoms with Crippen LogP contribution in [0.1, 0.15) is 43.7 Å². The minimum Gasteiger partial charge on any atom is -0.384 e. The first kappa shape index (κ1) is 12.9. The normalized spacial score (nSPS) is 14.6. The number of hydrogen-bond acceptors (Lipinski definition) is 2. The largest absolute Gasteiger partial charge is 0.384 e. The van der Waals surface area contributed by atoms with Crippen LogP contribution in [0.2, 0.25) is 0 Å². The lowest BCUT2D eigenvalue weighted by Crippen LogP contribution is -2.29. The molecule has 1 saturated carbocycles. The zero-order valence-corrected chi connectivity index (χ0v) is 11.4. The molecule has 3 nitrogen and oxygen atoms in total. The monoisotopic (exact) mass is 245 g/mol. The number of nitrogen functional groups attached to an aromatic ring is 1. The third-order valence-electron chi connectivity index (χ3n) is 3.49. The Morgan fingerprint density at radius 2 is 2.17 bits per heavy atom. The van der Waals surface area contributed by atoms with Gasteiger partial charge in [-0.1, -0.05) is 19.4 Å². The van der Waals surface area contributed by atoms with Crippen LogP contribution in [0, 0.1) is 12.3 Å². The van der Waals surface area contributed by atoms with Crippen molar-refractivity contribution in [3.63, 3.8) is 0 Å². The molecule has 0 unspecified atom stereocenters. The van der Waals surface area contributed by atoms with Gasteiger partial charge in [0, 0.05) is 23.8 Å². The molecule has 3 heteroatoms. The Kier molecular flexibility index (Phi) is 3.90. The van der Waals surface area contributed by atoms with E-state index in [0.717, 1.165) is 17.8 Å². The topological polar surface area (TPSA) is 53.1 Å². The van der Waals surface area contributed by atoms with Crippen LogP contribution < -0.4 is 10.6 Å². The Labute approximate surface area is 109 Å². The fraction of sp³-hybridized carbons (Fsp3) is 0.533. The maximum absolute atomic E-state index is 7.73. The average molecular weight is 245 g/mol. The molecule has 1 aliphatic carbocycles. The molecule has 0 atom stereocenters. The molecule has 0 aromatic heterocycles. The molecule has 1 aromatic carbocycles. The lowest BCUT2D eigenvalue weighted by Gasteiger charge is -2.27. The van der Waals surface area contributed by atoms with E-state index in [4.69, 9.17) is 11.1 Å².